The molecule has 0 radical (unpaired) electrons. The molecule has 2 aromatic carbocycles. The van der Waals surface area contributed by atoms with E-state index in [0.29, 0.717) is 23.7 Å². The Morgan fingerprint density at radius 2 is 2.05 bits per heavy atom. The number of fused-ring (bicyclic) bond motifs is 1. The molecule has 0 aliphatic carbocycles. The van der Waals surface area contributed by atoms with Gasteiger partial charge in [-0.3, -0.25) is 4.79 Å². The van der Waals surface area contributed by atoms with Gasteiger partial charge in [0.2, 0.25) is 5.78 Å². The van der Waals surface area contributed by atoms with Crippen LogP contribution in [0.15, 0.2) is 48.2 Å². The Kier molecular flexibility index (Phi) is 3.36. The number of benzene rings is 2. The third-order valence-electron chi connectivity index (χ3n) is 3.16. The van der Waals surface area contributed by atoms with E-state index in [2.05, 4.69) is 0 Å². The Morgan fingerprint density at radius 1 is 1.24 bits per heavy atom. The summed E-state index contributed by atoms with van der Waals surface area (Å²) >= 11 is 0. The number of Topliss-reactive ketones (excluding diaryl/α,β-unsaturated/α-hetero) is 1. The van der Waals surface area contributed by atoms with E-state index in [1.807, 2.05) is 31.2 Å². The molecular formula is C17H14O4. The molecule has 106 valence electrons. The molecule has 0 saturated heterocycles. The van der Waals surface area contributed by atoms with E-state index in [1.165, 1.54) is 12.1 Å². The molecule has 1 aliphatic rings. The van der Waals surface area contributed by atoms with Crippen molar-refractivity contribution in [1.29, 1.82) is 0 Å². The number of phenolic OH excluding ortho intramolecular Hbond substituents is 1. The van der Waals surface area contributed by atoms with Crippen LogP contribution in [0.1, 0.15) is 22.8 Å². The zero-order chi connectivity index (χ0) is 14.8. The summed E-state index contributed by atoms with van der Waals surface area (Å²) in [5, 5.41) is 9.44. The van der Waals surface area contributed by atoms with Gasteiger partial charge in [-0.1, -0.05) is 18.2 Å². The van der Waals surface area contributed by atoms with Gasteiger partial charge in [0, 0.05) is 11.6 Å². The molecule has 21 heavy (non-hydrogen) atoms. The summed E-state index contributed by atoms with van der Waals surface area (Å²) in [6.07, 6.45) is 1.66. The topological polar surface area (TPSA) is 55.8 Å². The summed E-state index contributed by atoms with van der Waals surface area (Å²) in [6.45, 7) is 2.45. The van der Waals surface area contributed by atoms with E-state index in [1.54, 1.807) is 12.1 Å². The van der Waals surface area contributed by atoms with Gasteiger partial charge >= 0.3 is 0 Å². The normalized spacial score (nSPS) is 14.9. The molecule has 0 bridgehead atoms. The first kappa shape index (κ1) is 13.2. The average Bonchev–Trinajstić information content (AvgIpc) is 2.77. The lowest BCUT2D eigenvalue weighted by Crippen LogP contribution is -1.99. The number of carbonyl (C=O) groups excluding carboxylic acids is 1. The minimum atomic E-state index is -0.198. The number of ketones is 1. The molecular weight excluding hydrogens is 268 g/mol. The molecule has 0 aromatic heterocycles. The minimum Gasteiger partial charge on any atom is -0.508 e. The van der Waals surface area contributed by atoms with Gasteiger partial charge in [0.1, 0.15) is 17.2 Å². The van der Waals surface area contributed by atoms with Crippen molar-refractivity contribution >= 4 is 11.9 Å². The summed E-state index contributed by atoms with van der Waals surface area (Å²) in [6, 6.07) is 11.9. The predicted octanol–water partition coefficient (Wildman–Crippen LogP) is 3.41. The first-order chi connectivity index (χ1) is 10.2. The standard InChI is InChI=1S/C17H14O4/c1-2-20-14-6-4-3-5-11(14)9-16-17(19)13-8-7-12(18)10-15(13)21-16/h3-10,18H,2H2,1H3. The SMILES string of the molecule is CCOc1ccccc1C=C1Oc2cc(O)ccc2C1=O. The summed E-state index contributed by atoms with van der Waals surface area (Å²) in [7, 11) is 0. The van der Waals surface area contributed by atoms with Crippen LogP contribution in [-0.4, -0.2) is 17.5 Å². The molecule has 0 fully saturated rings. The molecule has 2 aromatic rings. The number of ether oxygens (including phenoxy) is 2. The van der Waals surface area contributed by atoms with Crippen LogP contribution in [0, 0.1) is 0 Å². The van der Waals surface area contributed by atoms with E-state index >= 15 is 0 Å². The van der Waals surface area contributed by atoms with Crippen molar-refractivity contribution in [2.45, 2.75) is 6.92 Å². The average molecular weight is 282 g/mol. The molecule has 0 amide bonds. The van der Waals surface area contributed by atoms with Gasteiger partial charge in [0.05, 0.1) is 12.2 Å². The number of phenols is 1. The van der Waals surface area contributed by atoms with Gasteiger partial charge in [0.25, 0.3) is 0 Å². The fraction of sp³-hybridized carbons (Fsp3) is 0.118. The van der Waals surface area contributed by atoms with Crippen LogP contribution in [0.25, 0.3) is 6.08 Å². The summed E-state index contributed by atoms with van der Waals surface area (Å²) in [5.74, 6) is 1.17. The fourth-order valence-corrected chi connectivity index (χ4v) is 2.20. The molecule has 3 rings (SSSR count). The maximum absolute atomic E-state index is 12.3. The van der Waals surface area contributed by atoms with E-state index in [9.17, 15) is 9.90 Å². The molecule has 0 saturated carbocycles. The van der Waals surface area contributed by atoms with Gasteiger partial charge in [0.15, 0.2) is 5.76 Å². The first-order valence-corrected chi connectivity index (χ1v) is 6.68. The number of aromatic hydroxyl groups is 1. The van der Waals surface area contributed by atoms with Crippen molar-refractivity contribution in [1.82, 2.24) is 0 Å². The molecule has 1 N–H and O–H groups in total. The number of hydrogen-bond acceptors (Lipinski definition) is 4. The Hall–Kier alpha value is -2.75. The summed E-state index contributed by atoms with van der Waals surface area (Å²) in [5.41, 5.74) is 1.23. The molecule has 0 unspecified atom stereocenters. The molecule has 1 heterocycles. The lowest BCUT2D eigenvalue weighted by molar-refractivity contribution is 0.101. The van der Waals surface area contributed by atoms with Crippen LogP contribution < -0.4 is 9.47 Å². The third kappa shape index (κ3) is 2.48. The number of para-hydroxylation sites is 1. The van der Waals surface area contributed by atoms with E-state index < -0.39 is 0 Å². The summed E-state index contributed by atoms with van der Waals surface area (Å²) < 4.78 is 11.1. The van der Waals surface area contributed by atoms with Gasteiger partial charge in [-0.2, -0.15) is 0 Å². The second-order valence-corrected chi connectivity index (χ2v) is 4.59. The Morgan fingerprint density at radius 3 is 2.86 bits per heavy atom. The quantitative estimate of drug-likeness (QED) is 0.876. The molecule has 0 spiro atoms. The van der Waals surface area contributed by atoms with Crippen LogP contribution in [0.5, 0.6) is 17.2 Å². The van der Waals surface area contributed by atoms with Crippen molar-refractivity contribution in [2.75, 3.05) is 6.61 Å². The Balaban J connectivity index is 1.98. The number of hydrogen-bond donors (Lipinski definition) is 1. The molecule has 0 atom stereocenters. The third-order valence-corrected chi connectivity index (χ3v) is 3.16. The van der Waals surface area contributed by atoms with Crippen LogP contribution in [0.4, 0.5) is 0 Å². The smallest absolute Gasteiger partial charge is 0.231 e. The molecule has 4 nitrogen and oxygen atoms in total. The van der Waals surface area contributed by atoms with Crippen molar-refractivity contribution in [2.24, 2.45) is 0 Å². The van der Waals surface area contributed by atoms with Gasteiger partial charge in [-0.05, 0) is 31.2 Å². The highest BCUT2D eigenvalue weighted by molar-refractivity contribution is 6.14. The highest BCUT2D eigenvalue weighted by Crippen LogP contribution is 2.35. The highest BCUT2D eigenvalue weighted by atomic mass is 16.5. The van der Waals surface area contributed by atoms with E-state index in [4.69, 9.17) is 9.47 Å². The minimum absolute atomic E-state index is 0.0671. The van der Waals surface area contributed by atoms with Crippen LogP contribution in [-0.2, 0) is 0 Å². The second-order valence-electron chi connectivity index (χ2n) is 4.59. The number of carbonyl (C=O) groups is 1. The van der Waals surface area contributed by atoms with Crippen LogP contribution in [0.3, 0.4) is 0 Å². The van der Waals surface area contributed by atoms with Gasteiger partial charge < -0.3 is 14.6 Å². The highest BCUT2D eigenvalue weighted by Gasteiger charge is 2.27. The van der Waals surface area contributed by atoms with Crippen LogP contribution in [0.2, 0.25) is 0 Å². The molecule has 1 aliphatic heterocycles. The zero-order valence-electron chi connectivity index (χ0n) is 11.5. The maximum atomic E-state index is 12.3. The lowest BCUT2D eigenvalue weighted by atomic mass is 10.1. The fourth-order valence-electron chi connectivity index (χ4n) is 2.20. The van der Waals surface area contributed by atoms with Gasteiger partial charge in [-0.15, -0.1) is 0 Å². The summed E-state index contributed by atoms with van der Waals surface area (Å²) in [4.78, 5) is 12.3. The largest absolute Gasteiger partial charge is 0.508 e. The second kappa shape index (κ2) is 5.32. The number of rotatable bonds is 3. The lowest BCUT2D eigenvalue weighted by Gasteiger charge is -2.07. The Bertz CT molecular complexity index is 731. The van der Waals surface area contributed by atoms with E-state index in [0.717, 1.165) is 5.56 Å². The monoisotopic (exact) mass is 282 g/mol. The zero-order valence-corrected chi connectivity index (χ0v) is 11.5. The van der Waals surface area contributed by atoms with Crippen molar-refractivity contribution in [3.63, 3.8) is 0 Å². The maximum Gasteiger partial charge on any atom is 0.231 e. The first-order valence-electron chi connectivity index (χ1n) is 6.68. The Labute approximate surface area is 122 Å². The van der Waals surface area contributed by atoms with Crippen molar-refractivity contribution < 1.29 is 19.4 Å². The van der Waals surface area contributed by atoms with Crippen LogP contribution >= 0.6 is 0 Å². The van der Waals surface area contributed by atoms with Crippen molar-refractivity contribution in [3.8, 4) is 17.2 Å². The van der Waals surface area contributed by atoms with E-state index in [-0.39, 0.29) is 17.3 Å². The number of allylic oxidation sites excluding steroid dienone is 1. The predicted molar refractivity (Wildman–Crippen MR) is 78.7 cm³/mol. The van der Waals surface area contributed by atoms with Gasteiger partial charge in [-0.25, -0.2) is 0 Å². The molecule has 4 heteroatoms. The van der Waals surface area contributed by atoms with Crippen molar-refractivity contribution in [3.05, 3.63) is 59.4 Å².